The van der Waals surface area contributed by atoms with E-state index >= 15 is 0 Å². The second-order valence-corrected chi connectivity index (χ2v) is 5.91. The van der Waals surface area contributed by atoms with Crippen molar-refractivity contribution in [2.24, 2.45) is 5.92 Å². The molecule has 1 N–H and O–H groups in total. The number of carbonyl (C=O) groups is 1. The van der Waals surface area contributed by atoms with Crippen LogP contribution in [0.25, 0.3) is 10.8 Å². The van der Waals surface area contributed by atoms with E-state index in [2.05, 4.69) is 12.2 Å². The summed E-state index contributed by atoms with van der Waals surface area (Å²) in [6.45, 7) is 4.61. The molecule has 2 aromatic carbocycles. The molecule has 2 aromatic rings. The van der Waals surface area contributed by atoms with Gasteiger partial charge in [0.15, 0.2) is 5.78 Å². The second-order valence-electron chi connectivity index (χ2n) is 5.91. The molecule has 3 heteroatoms. The molecule has 1 aliphatic heterocycles. The number of fused-ring (bicyclic) bond motifs is 1. The summed E-state index contributed by atoms with van der Waals surface area (Å²) in [6, 6.07) is 11.9. The molecule has 0 amide bonds. The molecule has 3 nitrogen and oxygen atoms in total. The van der Waals surface area contributed by atoms with Gasteiger partial charge in [-0.2, -0.15) is 0 Å². The third kappa shape index (κ3) is 3.00. The maximum Gasteiger partial charge on any atom is 0.167 e. The molecule has 1 saturated heterocycles. The summed E-state index contributed by atoms with van der Waals surface area (Å²) in [5.74, 6) is 1.22. The Hall–Kier alpha value is -1.87. The topological polar surface area (TPSA) is 38.3 Å². The number of Topliss-reactive ketones (excluding diaryl/α,β-unsaturated/α-hetero) is 1. The molecule has 116 valence electrons. The molecule has 1 atom stereocenters. The monoisotopic (exact) mass is 297 g/mol. The summed E-state index contributed by atoms with van der Waals surface area (Å²) >= 11 is 0. The minimum atomic E-state index is 0.0968. The molecular formula is C19H23NO2. The Bertz CT molecular complexity index is 660. The van der Waals surface area contributed by atoms with Crippen LogP contribution in [0, 0.1) is 5.92 Å². The Labute approximate surface area is 131 Å². The van der Waals surface area contributed by atoms with Crippen LogP contribution in [-0.2, 0) is 0 Å². The summed E-state index contributed by atoms with van der Waals surface area (Å²) in [5, 5.41) is 5.37. The van der Waals surface area contributed by atoms with E-state index in [1.165, 1.54) is 0 Å². The summed E-state index contributed by atoms with van der Waals surface area (Å²) in [6.07, 6.45) is 3.03. The van der Waals surface area contributed by atoms with Gasteiger partial charge >= 0.3 is 0 Å². The molecule has 0 spiro atoms. The molecule has 1 aliphatic rings. The van der Waals surface area contributed by atoms with E-state index in [-0.39, 0.29) is 11.7 Å². The van der Waals surface area contributed by atoms with Crippen molar-refractivity contribution < 1.29 is 9.53 Å². The van der Waals surface area contributed by atoms with Gasteiger partial charge in [0, 0.05) is 23.4 Å². The highest BCUT2D eigenvalue weighted by Gasteiger charge is 2.24. The Morgan fingerprint density at radius 3 is 2.77 bits per heavy atom. The molecule has 0 saturated carbocycles. The minimum Gasteiger partial charge on any atom is -0.493 e. The number of ketones is 1. The van der Waals surface area contributed by atoms with Crippen molar-refractivity contribution in [3.05, 3.63) is 42.0 Å². The summed E-state index contributed by atoms with van der Waals surface area (Å²) in [7, 11) is 0. The first-order valence-electron chi connectivity index (χ1n) is 8.20. The molecule has 0 aliphatic carbocycles. The Morgan fingerprint density at radius 2 is 2.05 bits per heavy atom. The zero-order valence-electron chi connectivity index (χ0n) is 13.1. The fourth-order valence-corrected chi connectivity index (χ4v) is 3.12. The largest absolute Gasteiger partial charge is 0.493 e. The Kier molecular flexibility index (Phi) is 4.74. The molecule has 0 bridgehead atoms. The van der Waals surface area contributed by atoms with Crippen LogP contribution in [0.5, 0.6) is 5.75 Å². The van der Waals surface area contributed by atoms with Crippen LogP contribution in [0.4, 0.5) is 0 Å². The minimum absolute atomic E-state index is 0.0968. The van der Waals surface area contributed by atoms with E-state index in [1.807, 2.05) is 36.4 Å². The number of nitrogens with one attached hydrogen (secondary N) is 1. The lowest BCUT2D eigenvalue weighted by Gasteiger charge is -2.22. The van der Waals surface area contributed by atoms with Crippen molar-refractivity contribution in [3.63, 3.8) is 0 Å². The smallest absolute Gasteiger partial charge is 0.167 e. The van der Waals surface area contributed by atoms with Crippen molar-refractivity contribution >= 4 is 16.6 Å². The van der Waals surface area contributed by atoms with Gasteiger partial charge in [0.25, 0.3) is 0 Å². The Morgan fingerprint density at radius 1 is 1.23 bits per heavy atom. The van der Waals surface area contributed by atoms with Crippen LogP contribution in [0.15, 0.2) is 36.4 Å². The van der Waals surface area contributed by atoms with E-state index in [4.69, 9.17) is 4.74 Å². The van der Waals surface area contributed by atoms with Gasteiger partial charge in [-0.05, 0) is 43.3 Å². The highest BCUT2D eigenvalue weighted by molar-refractivity contribution is 6.10. The summed E-state index contributed by atoms with van der Waals surface area (Å²) in [4.78, 5) is 12.9. The van der Waals surface area contributed by atoms with Crippen LogP contribution in [0.3, 0.4) is 0 Å². The van der Waals surface area contributed by atoms with E-state index in [0.717, 1.165) is 54.4 Å². The van der Waals surface area contributed by atoms with Gasteiger partial charge in [-0.3, -0.25) is 4.79 Å². The lowest BCUT2D eigenvalue weighted by molar-refractivity contribution is 0.0901. The van der Waals surface area contributed by atoms with Crippen LogP contribution in [-0.4, -0.2) is 25.5 Å². The average Bonchev–Trinajstić information content (AvgIpc) is 2.60. The number of piperidine rings is 1. The zero-order chi connectivity index (χ0) is 15.4. The standard InChI is InChI=1S/C19H23NO2/c1-2-12-22-18-10-9-17(15-7-3-4-8-16(15)18)19(21)14-6-5-11-20-13-14/h3-4,7-10,14,20H,2,5-6,11-13H2,1H3. The summed E-state index contributed by atoms with van der Waals surface area (Å²) in [5.41, 5.74) is 0.827. The van der Waals surface area contributed by atoms with Crippen molar-refractivity contribution in [2.75, 3.05) is 19.7 Å². The maximum absolute atomic E-state index is 12.9. The van der Waals surface area contributed by atoms with Crippen molar-refractivity contribution in [3.8, 4) is 5.75 Å². The predicted molar refractivity (Wildman–Crippen MR) is 89.7 cm³/mol. The molecule has 1 unspecified atom stereocenters. The first-order chi connectivity index (χ1) is 10.8. The SMILES string of the molecule is CCCOc1ccc(C(=O)C2CCCNC2)c2ccccc12. The molecule has 0 radical (unpaired) electrons. The molecule has 22 heavy (non-hydrogen) atoms. The first-order valence-corrected chi connectivity index (χ1v) is 8.20. The molecule has 0 aromatic heterocycles. The third-order valence-corrected chi connectivity index (χ3v) is 4.28. The van der Waals surface area contributed by atoms with Gasteiger partial charge < -0.3 is 10.1 Å². The Balaban J connectivity index is 1.98. The molecule has 1 fully saturated rings. The quantitative estimate of drug-likeness (QED) is 0.853. The second kappa shape index (κ2) is 6.93. The number of benzene rings is 2. The highest BCUT2D eigenvalue weighted by Crippen LogP contribution is 2.31. The van der Waals surface area contributed by atoms with Crippen molar-refractivity contribution in [2.45, 2.75) is 26.2 Å². The lowest BCUT2D eigenvalue weighted by Crippen LogP contribution is -2.34. The number of hydrogen-bond acceptors (Lipinski definition) is 3. The average molecular weight is 297 g/mol. The maximum atomic E-state index is 12.9. The van der Waals surface area contributed by atoms with Gasteiger partial charge in [-0.1, -0.05) is 31.2 Å². The number of carbonyl (C=O) groups excluding carboxylic acids is 1. The van der Waals surface area contributed by atoms with Crippen LogP contribution in [0.2, 0.25) is 0 Å². The van der Waals surface area contributed by atoms with Gasteiger partial charge in [-0.15, -0.1) is 0 Å². The van der Waals surface area contributed by atoms with Gasteiger partial charge in [-0.25, -0.2) is 0 Å². The first kappa shape index (κ1) is 15.0. The van der Waals surface area contributed by atoms with Crippen LogP contribution in [0.1, 0.15) is 36.5 Å². The van der Waals surface area contributed by atoms with E-state index < -0.39 is 0 Å². The zero-order valence-corrected chi connectivity index (χ0v) is 13.1. The molecule has 1 heterocycles. The fourth-order valence-electron chi connectivity index (χ4n) is 3.12. The normalized spacial score (nSPS) is 18.3. The van der Waals surface area contributed by atoms with Gasteiger partial charge in [0.05, 0.1) is 6.61 Å². The van der Waals surface area contributed by atoms with Gasteiger partial charge in [0.1, 0.15) is 5.75 Å². The van der Waals surface area contributed by atoms with E-state index in [1.54, 1.807) is 0 Å². The van der Waals surface area contributed by atoms with E-state index in [9.17, 15) is 4.79 Å². The predicted octanol–water partition coefficient (Wildman–Crippen LogP) is 3.81. The summed E-state index contributed by atoms with van der Waals surface area (Å²) < 4.78 is 5.83. The number of rotatable bonds is 5. The third-order valence-electron chi connectivity index (χ3n) is 4.28. The fraction of sp³-hybridized carbons (Fsp3) is 0.421. The van der Waals surface area contributed by atoms with E-state index in [0.29, 0.717) is 6.61 Å². The van der Waals surface area contributed by atoms with Gasteiger partial charge in [0.2, 0.25) is 0 Å². The van der Waals surface area contributed by atoms with Crippen LogP contribution >= 0.6 is 0 Å². The lowest BCUT2D eigenvalue weighted by atomic mass is 9.88. The van der Waals surface area contributed by atoms with Crippen molar-refractivity contribution in [1.82, 2.24) is 5.32 Å². The highest BCUT2D eigenvalue weighted by atomic mass is 16.5. The number of hydrogen-bond donors (Lipinski definition) is 1. The van der Waals surface area contributed by atoms with Crippen molar-refractivity contribution in [1.29, 1.82) is 0 Å². The van der Waals surface area contributed by atoms with Crippen LogP contribution < -0.4 is 10.1 Å². The number of ether oxygens (including phenoxy) is 1. The molecular weight excluding hydrogens is 274 g/mol. The molecule has 3 rings (SSSR count).